The average Bonchev–Trinajstić information content (AvgIpc) is 2.58. The summed E-state index contributed by atoms with van der Waals surface area (Å²) in [6.07, 6.45) is -3.02. The first kappa shape index (κ1) is 18.3. The minimum Gasteiger partial charge on any atom is -0.496 e. The summed E-state index contributed by atoms with van der Waals surface area (Å²) in [6, 6.07) is 11.2. The molecule has 0 spiro atoms. The van der Waals surface area contributed by atoms with Gasteiger partial charge < -0.3 is 14.9 Å². The normalized spacial score (nSPS) is 11.4. The molecule has 0 aliphatic heterocycles. The van der Waals surface area contributed by atoms with Crippen LogP contribution in [0.1, 0.15) is 11.1 Å². The molecule has 0 saturated heterocycles. The van der Waals surface area contributed by atoms with Crippen LogP contribution >= 0.6 is 0 Å². The molecule has 25 heavy (non-hydrogen) atoms. The van der Waals surface area contributed by atoms with Gasteiger partial charge in [-0.3, -0.25) is 4.79 Å². The Morgan fingerprint density at radius 1 is 1.16 bits per heavy atom. The van der Waals surface area contributed by atoms with Crippen LogP contribution in [0.3, 0.4) is 0 Å². The van der Waals surface area contributed by atoms with E-state index < -0.39 is 17.6 Å². The lowest BCUT2D eigenvalue weighted by Crippen LogP contribution is -2.17. The Morgan fingerprint density at radius 2 is 1.84 bits per heavy atom. The first-order valence-electron chi connectivity index (χ1n) is 7.15. The predicted octanol–water partition coefficient (Wildman–Crippen LogP) is 3.70. The molecule has 8 heteroatoms. The van der Waals surface area contributed by atoms with Gasteiger partial charge in [0.15, 0.2) is 6.61 Å². The SMILES string of the molecule is COc1ccccc1/C=N\OCC(=O)Nc1ccc(C(F)(F)F)cc1. The summed E-state index contributed by atoms with van der Waals surface area (Å²) in [5.74, 6) is 0.0565. The van der Waals surface area contributed by atoms with Gasteiger partial charge in [0.1, 0.15) is 5.75 Å². The third-order valence-corrected chi connectivity index (χ3v) is 3.10. The van der Waals surface area contributed by atoms with E-state index in [-0.39, 0.29) is 12.3 Å². The van der Waals surface area contributed by atoms with Gasteiger partial charge in [0.05, 0.1) is 18.9 Å². The van der Waals surface area contributed by atoms with E-state index in [2.05, 4.69) is 10.5 Å². The number of oxime groups is 1. The third kappa shape index (κ3) is 5.52. The van der Waals surface area contributed by atoms with E-state index in [1.165, 1.54) is 25.5 Å². The van der Waals surface area contributed by atoms with Gasteiger partial charge in [-0.15, -0.1) is 0 Å². The van der Waals surface area contributed by atoms with Crippen molar-refractivity contribution >= 4 is 17.8 Å². The van der Waals surface area contributed by atoms with E-state index in [9.17, 15) is 18.0 Å². The number of halogens is 3. The van der Waals surface area contributed by atoms with Crippen molar-refractivity contribution in [2.24, 2.45) is 5.16 Å². The van der Waals surface area contributed by atoms with Crippen molar-refractivity contribution < 1.29 is 27.5 Å². The molecule has 2 aromatic carbocycles. The molecule has 1 N–H and O–H groups in total. The number of ether oxygens (including phenoxy) is 1. The number of amides is 1. The van der Waals surface area contributed by atoms with Crippen LogP contribution in [0.4, 0.5) is 18.9 Å². The fourth-order valence-electron chi connectivity index (χ4n) is 1.90. The Bertz CT molecular complexity index is 744. The number of carbonyl (C=O) groups is 1. The number of para-hydroxylation sites is 1. The number of benzene rings is 2. The number of nitrogens with zero attached hydrogens (tertiary/aromatic N) is 1. The summed E-state index contributed by atoms with van der Waals surface area (Å²) in [5, 5.41) is 6.08. The number of nitrogens with one attached hydrogen (secondary N) is 1. The summed E-state index contributed by atoms with van der Waals surface area (Å²) >= 11 is 0. The molecule has 1 amide bonds. The molecular formula is C17H15F3N2O3. The van der Waals surface area contributed by atoms with Crippen LogP contribution in [0, 0.1) is 0 Å². The van der Waals surface area contributed by atoms with Crippen molar-refractivity contribution in [1.29, 1.82) is 0 Å². The van der Waals surface area contributed by atoms with Gasteiger partial charge in [0, 0.05) is 11.3 Å². The van der Waals surface area contributed by atoms with Gasteiger partial charge in [-0.05, 0) is 36.4 Å². The van der Waals surface area contributed by atoms with Crippen LogP contribution < -0.4 is 10.1 Å². The molecule has 5 nitrogen and oxygen atoms in total. The maximum absolute atomic E-state index is 12.4. The van der Waals surface area contributed by atoms with Crippen molar-refractivity contribution in [3.63, 3.8) is 0 Å². The van der Waals surface area contributed by atoms with Crippen LogP contribution in [0.2, 0.25) is 0 Å². The smallest absolute Gasteiger partial charge is 0.416 e. The Morgan fingerprint density at radius 3 is 2.48 bits per heavy atom. The fourth-order valence-corrected chi connectivity index (χ4v) is 1.90. The molecule has 0 aliphatic rings. The largest absolute Gasteiger partial charge is 0.496 e. The maximum atomic E-state index is 12.4. The average molecular weight is 352 g/mol. The highest BCUT2D eigenvalue weighted by atomic mass is 19.4. The van der Waals surface area contributed by atoms with Crippen LogP contribution in [0.15, 0.2) is 53.7 Å². The zero-order valence-electron chi connectivity index (χ0n) is 13.2. The van der Waals surface area contributed by atoms with E-state index in [1.54, 1.807) is 24.3 Å². The van der Waals surface area contributed by atoms with Gasteiger partial charge in [0.25, 0.3) is 5.91 Å². The number of anilines is 1. The van der Waals surface area contributed by atoms with E-state index >= 15 is 0 Å². The summed E-state index contributed by atoms with van der Waals surface area (Å²) < 4.78 is 42.5. The van der Waals surface area contributed by atoms with Crippen LogP contribution in [-0.4, -0.2) is 25.8 Å². The number of rotatable bonds is 6. The Kier molecular flexibility index (Phi) is 5.99. The minimum atomic E-state index is -4.42. The highest BCUT2D eigenvalue weighted by molar-refractivity contribution is 5.91. The second-order valence-electron chi connectivity index (χ2n) is 4.87. The van der Waals surface area contributed by atoms with Gasteiger partial charge in [0.2, 0.25) is 0 Å². The third-order valence-electron chi connectivity index (χ3n) is 3.10. The number of hydrogen-bond acceptors (Lipinski definition) is 4. The molecule has 0 saturated carbocycles. The topological polar surface area (TPSA) is 59.9 Å². The molecule has 0 aromatic heterocycles. The Balaban J connectivity index is 1.83. The van der Waals surface area contributed by atoms with Gasteiger partial charge in [-0.2, -0.15) is 13.2 Å². The number of alkyl halides is 3. The lowest BCUT2D eigenvalue weighted by molar-refractivity contribution is -0.137. The van der Waals surface area contributed by atoms with Gasteiger partial charge >= 0.3 is 6.18 Å². The molecule has 2 rings (SSSR count). The highest BCUT2D eigenvalue weighted by Crippen LogP contribution is 2.29. The quantitative estimate of drug-likeness (QED) is 0.637. The van der Waals surface area contributed by atoms with Crippen molar-refractivity contribution in [1.82, 2.24) is 0 Å². The molecule has 0 heterocycles. The monoisotopic (exact) mass is 352 g/mol. The lowest BCUT2D eigenvalue weighted by atomic mass is 10.2. The number of carbonyl (C=O) groups excluding carboxylic acids is 1. The van der Waals surface area contributed by atoms with Crippen LogP contribution in [-0.2, 0) is 15.8 Å². The van der Waals surface area contributed by atoms with E-state index in [0.29, 0.717) is 11.3 Å². The van der Waals surface area contributed by atoms with Crippen molar-refractivity contribution in [2.45, 2.75) is 6.18 Å². The van der Waals surface area contributed by atoms with E-state index in [4.69, 9.17) is 9.57 Å². The second-order valence-corrected chi connectivity index (χ2v) is 4.87. The summed E-state index contributed by atoms with van der Waals surface area (Å²) in [5.41, 5.74) is 0.117. The predicted molar refractivity (Wildman–Crippen MR) is 86.6 cm³/mol. The maximum Gasteiger partial charge on any atom is 0.416 e. The zero-order chi connectivity index (χ0) is 18.3. The molecule has 0 unspecified atom stereocenters. The first-order valence-corrected chi connectivity index (χ1v) is 7.15. The molecule has 0 bridgehead atoms. The van der Waals surface area contributed by atoms with Crippen LogP contribution in [0.5, 0.6) is 5.75 Å². The summed E-state index contributed by atoms with van der Waals surface area (Å²) in [4.78, 5) is 16.5. The van der Waals surface area contributed by atoms with Crippen molar-refractivity contribution in [3.8, 4) is 5.75 Å². The molecular weight excluding hydrogens is 337 g/mol. The van der Waals surface area contributed by atoms with E-state index in [1.807, 2.05) is 0 Å². The minimum absolute atomic E-state index is 0.232. The Labute approximate surface area is 142 Å². The molecule has 0 fully saturated rings. The second kappa shape index (κ2) is 8.18. The molecule has 0 atom stereocenters. The van der Waals surface area contributed by atoms with Gasteiger partial charge in [-0.1, -0.05) is 17.3 Å². The Hall–Kier alpha value is -3.03. The zero-order valence-corrected chi connectivity index (χ0v) is 13.2. The van der Waals surface area contributed by atoms with Crippen molar-refractivity contribution in [2.75, 3.05) is 19.0 Å². The fraction of sp³-hybridized carbons (Fsp3) is 0.176. The molecule has 132 valence electrons. The summed E-state index contributed by atoms with van der Waals surface area (Å²) in [6.45, 7) is -0.382. The molecule has 0 aliphatic carbocycles. The highest BCUT2D eigenvalue weighted by Gasteiger charge is 2.29. The number of hydrogen-bond donors (Lipinski definition) is 1. The molecule has 0 radical (unpaired) electrons. The summed E-state index contributed by atoms with van der Waals surface area (Å²) in [7, 11) is 1.52. The first-order chi connectivity index (χ1) is 11.9. The number of methoxy groups -OCH3 is 1. The lowest BCUT2D eigenvalue weighted by Gasteiger charge is -2.08. The van der Waals surface area contributed by atoms with Gasteiger partial charge in [-0.25, -0.2) is 0 Å². The molecule has 2 aromatic rings. The van der Waals surface area contributed by atoms with Crippen molar-refractivity contribution in [3.05, 3.63) is 59.7 Å². The van der Waals surface area contributed by atoms with Crippen LogP contribution in [0.25, 0.3) is 0 Å². The van der Waals surface area contributed by atoms with E-state index in [0.717, 1.165) is 12.1 Å². The standard InChI is InChI=1S/C17H15F3N2O3/c1-24-15-5-3-2-4-12(15)10-21-25-11-16(23)22-14-8-6-13(7-9-14)17(18,19)20/h2-10H,11H2,1H3,(H,22,23)/b21-10-.